The summed E-state index contributed by atoms with van der Waals surface area (Å²) in [5, 5.41) is 7.29. The van der Waals surface area contributed by atoms with Gasteiger partial charge in [0.2, 0.25) is 0 Å². The van der Waals surface area contributed by atoms with E-state index in [4.69, 9.17) is 4.74 Å². The molecule has 160 valence electrons. The second kappa shape index (κ2) is 8.90. The zero-order valence-corrected chi connectivity index (χ0v) is 17.6. The average Bonchev–Trinajstić information content (AvgIpc) is 3.19. The fraction of sp³-hybridized carbons (Fsp3) is 0.522. The van der Waals surface area contributed by atoms with Gasteiger partial charge in [0.1, 0.15) is 11.4 Å². The largest absolute Gasteiger partial charge is 0.493 e. The third-order valence-electron chi connectivity index (χ3n) is 6.35. The van der Waals surface area contributed by atoms with E-state index in [0.29, 0.717) is 36.7 Å². The van der Waals surface area contributed by atoms with E-state index in [0.717, 1.165) is 45.1 Å². The first kappa shape index (κ1) is 20.4. The lowest BCUT2D eigenvalue weighted by Crippen LogP contribution is -2.51. The summed E-state index contributed by atoms with van der Waals surface area (Å²) in [7, 11) is 1.79. The molecule has 2 aliphatic rings. The molecule has 0 bridgehead atoms. The Labute approximate surface area is 177 Å². The van der Waals surface area contributed by atoms with Gasteiger partial charge in [-0.25, -0.2) is 0 Å². The van der Waals surface area contributed by atoms with Crippen molar-refractivity contribution in [1.29, 1.82) is 0 Å². The van der Waals surface area contributed by atoms with Crippen LogP contribution in [0.3, 0.4) is 0 Å². The lowest BCUT2D eigenvalue weighted by molar-refractivity contribution is 0.0459. The average molecular weight is 411 g/mol. The monoisotopic (exact) mass is 410 g/mol. The quantitative estimate of drug-likeness (QED) is 0.784. The van der Waals surface area contributed by atoms with Crippen LogP contribution in [-0.2, 0) is 7.05 Å². The SMILES string of the molecule is Cn1nccc1C(=O)N1CCCC2(CCCCCOc3ccccc3C(=O)NC2)C1. The highest BCUT2D eigenvalue weighted by Gasteiger charge is 2.38. The number of ether oxygens (including phenoxy) is 1. The van der Waals surface area contributed by atoms with Gasteiger partial charge in [-0.3, -0.25) is 14.3 Å². The number of aryl methyl sites for hydroxylation is 1. The van der Waals surface area contributed by atoms with Crippen LogP contribution in [0.15, 0.2) is 36.5 Å². The van der Waals surface area contributed by atoms with Crippen LogP contribution < -0.4 is 10.1 Å². The Balaban J connectivity index is 1.53. The van der Waals surface area contributed by atoms with E-state index in [1.807, 2.05) is 29.2 Å². The third-order valence-corrected chi connectivity index (χ3v) is 6.35. The molecule has 1 aromatic heterocycles. The topological polar surface area (TPSA) is 76.5 Å². The van der Waals surface area contributed by atoms with E-state index in [1.165, 1.54) is 0 Å². The molecule has 1 unspecified atom stereocenters. The van der Waals surface area contributed by atoms with E-state index in [9.17, 15) is 9.59 Å². The summed E-state index contributed by atoms with van der Waals surface area (Å²) in [6.07, 6.45) is 7.71. The summed E-state index contributed by atoms with van der Waals surface area (Å²) >= 11 is 0. The van der Waals surface area contributed by atoms with Crippen molar-refractivity contribution in [1.82, 2.24) is 20.0 Å². The Bertz CT molecular complexity index is 909. The number of hydrogen-bond acceptors (Lipinski definition) is 4. The molecule has 0 radical (unpaired) electrons. The molecule has 2 aromatic rings. The van der Waals surface area contributed by atoms with Crippen LogP contribution in [0, 0.1) is 5.41 Å². The molecule has 30 heavy (non-hydrogen) atoms. The van der Waals surface area contributed by atoms with Gasteiger partial charge in [-0.05, 0) is 43.9 Å². The first-order valence-electron chi connectivity index (χ1n) is 10.9. The highest BCUT2D eigenvalue weighted by atomic mass is 16.5. The Morgan fingerprint density at radius 3 is 2.80 bits per heavy atom. The van der Waals surface area contributed by atoms with Crippen LogP contribution in [0.4, 0.5) is 0 Å². The van der Waals surface area contributed by atoms with Crippen molar-refractivity contribution in [3.63, 3.8) is 0 Å². The van der Waals surface area contributed by atoms with Crippen LogP contribution in [0.2, 0.25) is 0 Å². The molecule has 7 heteroatoms. The van der Waals surface area contributed by atoms with Crippen LogP contribution in [0.25, 0.3) is 0 Å². The maximum Gasteiger partial charge on any atom is 0.272 e. The number of para-hydroxylation sites is 1. The minimum Gasteiger partial charge on any atom is -0.493 e. The number of hydrogen-bond donors (Lipinski definition) is 1. The van der Waals surface area contributed by atoms with E-state index in [1.54, 1.807) is 24.0 Å². The van der Waals surface area contributed by atoms with Crippen molar-refractivity contribution >= 4 is 11.8 Å². The van der Waals surface area contributed by atoms with Gasteiger partial charge in [-0.1, -0.05) is 25.0 Å². The second-order valence-electron chi connectivity index (χ2n) is 8.51. The number of nitrogens with zero attached hydrogens (tertiary/aromatic N) is 3. The molecule has 0 aliphatic carbocycles. The third kappa shape index (κ3) is 4.35. The van der Waals surface area contributed by atoms with Gasteiger partial charge < -0.3 is 15.0 Å². The number of likely N-dealkylation sites (tertiary alicyclic amines) is 1. The van der Waals surface area contributed by atoms with E-state index >= 15 is 0 Å². The molecule has 1 aromatic carbocycles. The molecule has 7 nitrogen and oxygen atoms in total. The number of piperidine rings is 1. The molecule has 1 atom stereocenters. The molecule has 1 spiro atoms. The van der Waals surface area contributed by atoms with Crippen LogP contribution in [-0.4, -0.2) is 52.7 Å². The molecule has 1 N–H and O–H groups in total. The van der Waals surface area contributed by atoms with Crippen molar-refractivity contribution < 1.29 is 14.3 Å². The summed E-state index contributed by atoms with van der Waals surface area (Å²) < 4.78 is 7.48. The van der Waals surface area contributed by atoms with Crippen molar-refractivity contribution in [2.24, 2.45) is 12.5 Å². The van der Waals surface area contributed by atoms with Crippen LogP contribution in [0.1, 0.15) is 59.4 Å². The first-order valence-corrected chi connectivity index (χ1v) is 10.9. The normalized spacial score (nSPS) is 23.0. The lowest BCUT2D eigenvalue weighted by Gasteiger charge is -2.43. The van der Waals surface area contributed by atoms with Crippen molar-refractivity contribution in [2.45, 2.75) is 38.5 Å². The number of aromatic nitrogens is 2. The smallest absolute Gasteiger partial charge is 0.272 e. The van der Waals surface area contributed by atoms with Gasteiger partial charge in [0.05, 0.1) is 12.2 Å². The summed E-state index contributed by atoms with van der Waals surface area (Å²) in [4.78, 5) is 27.9. The maximum atomic E-state index is 13.1. The lowest BCUT2D eigenvalue weighted by atomic mass is 9.75. The molecule has 4 rings (SSSR count). The van der Waals surface area contributed by atoms with E-state index in [-0.39, 0.29) is 17.2 Å². The van der Waals surface area contributed by atoms with Gasteiger partial charge in [-0.15, -0.1) is 0 Å². The zero-order chi connectivity index (χ0) is 21.0. The fourth-order valence-electron chi connectivity index (χ4n) is 4.67. The minimum absolute atomic E-state index is 0.0188. The molecule has 3 heterocycles. The highest BCUT2D eigenvalue weighted by molar-refractivity contribution is 5.97. The number of amides is 2. The number of benzene rings is 1. The minimum atomic E-state index is -0.111. The number of carbonyl (C=O) groups is 2. The Kier molecular flexibility index (Phi) is 6.06. The van der Waals surface area contributed by atoms with E-state index in [2.05, 4.69) is 10.4 Å². The number of rotatable bonds is 1. The van der Waals surface area contributed by atoms with E-state index < -0.39 is 0 Å². The molecule has 2 amide bonds. The van der Waals surface area contributed by atoms with Gasteiger partial charge in [0.15, 0.2) is 0 Å². The predicted octanol–water partition coefficient (Wildman–Crippen LogP) is 3.03. The van der Waals surface area contributed by atoms with Crippen molar-refractivity contribution in [3.05, 3.63) is 47.8 Å². The van der Waals surface area contributed by atoms with Gasteiger partial charge in [0, 0.05) is 38.3 Å². The number of carbonyl (C=O) groups excluding carboxylic acids is 2. The van der Waals surface area contributed by atoms with Crippen LogP contribution >= 0.6 is 0 Å². The van der Waals surface area contributed by atoms with Crippen molar-refractivity contribution in [3.8, 4) is 5.75 Å². The Morgan fingerprint density at radius 2 is 1.97 bits per heavy atom. The summed E-state index contributed by atoms with van der Waals surface area (Å²) in [5.74, 6) is 0.548. The predicted molar refractivity (Wildman–Crippen MR) is 114 cm³/mol. The standard InChI is InChI=1S/C23H30N4O3/c1-26-19(10-13-25-26)22(29)27-14-7-12-23(17-27)11-5-2-6-15-30-20-9-4-3-8-18(20)21(28)24-16-23/h3-4,8-10,13H,2,5-7,11-12,14-17H2,1H3,(H,24,28). The second-order valence-corrected chi connectivity index (χ2v) is 8.51. The van der Waals surface area contributed by atoms with Crippen LogP contribution in [0.5, 0.6) is 5.75 Å². The first-order chi connectivity index (χ1) is 14.6. The molecule has 2 aliphatic heterocycles. The molecule has 1 fully saturated rings. The molecular formula is C23H30N4O3. The zero-order valence-electron chi connectivity index (χ0n) is 17.6. The summed E-state index contributed by atoms with van der Waals surface area (Å²) in [5.41, 5.74) is 1.08. The van der Waals surface area contributed by atoms with Gasteiger partial charge in [0.25, 0.3) is 11.8 Å². The highest BCUT2D eigenvalue weighted by Crippen LogP contribution is 2.36. The number of nitrogens with one attached hydrogen (secondary N) is 1. The summed E-state index contributed by atoms with van der Waals surface area (Å²) in [6, 6.07) is 9.18. The Hall–Kier alpha value is -2.83. The van der Waals surface area contributed by atoms with Gasteiger partial charge >= 0.3 is 0 Å². The van der Waals surface area contributed by atoms with Crippen molar-refractivity contribution in [2.75, 3.05) is 26.2 Å². The van der Waals surface area contributed by atoms with Gasteiger partial charge in [-0.2, -0.15) is 5.10 Å². The molecule has 1 saturated heterocycles. The Morgan fingerprint density at radius 1 is 1.13 bits per heavy atom. The fourth-order valence-corrected chi connectivity index (χ4v) is 4.67. The number of fused-ring (bicyclic) bond motifs is 1. The maximum absolute atomic E-state index is 13.1. The molecular weight excluding hydrogens is 380 g/mol. The molecule has 0 saturated carbocycles. The summed E-state index contributed by atoms with van der Waals surface area (Å²) in [6.45, 7) is 2.59.